The second-order valence-corrected chi connectivity index (χ2v) is 11.0. The zero-order chi connectivity index (χ0) is 25.3. The molecule has 0 radical (unpaired) electrons. The van der Waals surface area contributed by atoms with Gasteiger partial charge in [-0.3, -0.25) is 9.59 Å². The van der Waals surface area contributed by atoms with Crippen molar-refractivity contribution in [2.75, 3.05) is 18.6 Å². The SMILES string of the molecule is COc1ccc(S(=O)(=O)C2Cc3ccccc3N(C(=O)c3c(C)cccc3Cl)CC2C(=O)O)cc1. The van der Waals surface area contributed by atoms with Gasteiger partial charge in [0.2, 0.25) is 0 Å². The lowest BCUT2D eigenvalue weighted by molar-refractivity contribution is -0.141. The maximum Gasteiger partial charge on any atom is 0.309 e. The average molecular weight is 514 g/mol. The first kappa shape index (κ1) is 24.8. The summed E-state index contributed by atoms with van der Waals surface area (Å²) < 4.78 is 32.5. The number of anilines is 1. The average Bonchev–Trinajstić information content (AvgIpc) is 3.02. The van der Waals surface area contributed by atoms with Crippen molar-refractivity contribution in [3.05, 3.63) is 88.4 Å². The third-order valence-corrected chi connectivity index (χ3v) is 8.85. The number of hydrogen-bond donors (Lipinski definition) is 1. The Labute approximate surface area is 208 Å². The van der Waals surface area contributed by atoms with Crippen LogP contribution in [0.25, 0.3) is 0 Å². The van der Waals surface area contributed by atoms with Crippen LogP contribution in [-0.2, 0) is 21.1 Å². The molecule has 4 rings (SSSR count). The quantitative estimate of drug-likeness (QED) is 0.542. The number of para-hydroxylation sites is 1. The van der Waals surface area contributed by atoms with E-state index < -0.39 is 32.9 Å². The number of halogens is 1. The van der Waals surface area contributed by atoms with Gasteiger partial charge in [0.05, 0.1) is 33.8 Å². The molecule has 1 aliphatic heterocycles. The number of hydrogen-bond acceptors (Lipinski definition) is 5. The number of rotatable bonds is 5. The predicted octanol–water partition coefficient (Wildman–Crippen LogP) is 4.40. The summed E-state index contributed by atoms with van der Waals surface area (Å²) in [7, 11) is -2.61. The number of benzene rings is 3. The van der Waals surface area contributed by atoms with Gasteiger partial charge < -0.3 is 14.7 Å². The third kappa shape index (κ3) is 4.63. The highest BCUT2D eigenvalue weighted by Gasteiger charge is 2.44. The summed E-state index contributed by atoms with van der Waals surface area (Å²) in [6.07, 6.45) is -0.0627. The fourth-order valence-corrected chi connectivity index (χ4v) is 6.65. The van der Waals surface area contributed by atoms with Gasteiger partial charge in [-0.2, -0.15) is 0 Å². The van der Waals surface area contributed by atoms with Crippen LogP contribution in [0.3, 0.4) is 0 Å². The second-order valence-electron chi connectivity index (χ2n) is 8.38. The molecule has 2 unspecified atom stereocenters. The minimum atomic E-state index is -4.08. The molecular weight excluding hydrogens is 490 g/mol. The van der Waals surface area contributed by atoms with E-state index in [1.165, 1.54) is 36.3 Å². The van der Waals surface area contributed by atoms with Crippen LogP contribution >= 0.6 is 11.6 Å². The van der Waals surface area contributed by atoms with Gasteiger partial charge in [0.15, 0.2) is 9.84 Å². The lowest BCUT2D eigenvalue weighted by Gasteiger charge is -2.27. The van der Waals surface area contributed by atoms with E-state index in [0.717, 1.165) is 0 Å². The summed E-state index contributed by atoms with van der Waals surface area (Å²) >= 11 is 6.35. The molecular formula is C26H24ClNO6S. The molecule has 1 aliphatic rings. The first-order valence-corrected chi connectivity index (χ1v) is 12.8. The Bertz CT molecular complexity index is 1370. The molecule has 0 saturated heterocycles. The fourth-order valence-electron chi connectivity index (χ4n) is 4.45. The second kappa shape index (κ2) is 9.71. The molecule has 0 spiro atoms. The summed E-state index contributed by atoms with van der Waals surface area (Å²) in [5.41, 5.74) is 1.93. The van der Waals surface area contributed by atoms with E-state index in [1.54, 1.807) is 49.4 Å². The summed E-state index contributed by atoms with van der Waals surface area (Å²) in [4.78, 5) is 27.5. The van der Waals surface area contributed by atoms with E-state index in [2.05, 4.69) is 0 Å². The zero-order valence-corrected chi connectivity index (χ0v) is 20.7. The highest BCUT2D eigenvalue weighted by molar-refractivity contribution is 7.92. The van der Waals surface area contributed by atoms with Crippen LogP contribution in [0.15, 0.2) is 71.6 Å². The van der Waals surface area contributed by atoms with Crippen LogP contribution in [-0.4, -0.2) is 44.3 Å². The molecule has 0 saturated carbocycles. The van der Waals surface area contributed by atoms with Gasteiger partial charge in [0, 0.05) is 12.2 Å². The third-order valence-electron chi connectivity index (χ3n) is 6.32. The van der Waals surface area contributed by atoms with Crippen LogP contribution in [0, 0.1) is 12.8 Å². The fraction of sp³-hybridized carbons (Fsp3) is 0.231. The molecule has 7 nitrogen and oxygen atoms in total. The van der Waals surface area contributed by atoms with Crippen molar-refractivity contribution in [1.29, 1.82) is 0 Å². The van der Waals surface area contributed by atoms with Crippen LogP contribution in [0.4, 0.5) is 5.69 Å². The van der Waals surface area contributed by atoms with Crippen molar-refractivity contribution >= 4 is 39.0 Å². The minimum absolute atomic E-state index is 0.00578. The van der Waals surface area contributed by atoms with Crippen molar-refractivity contribution in [1.82, 2.24) is 0 Å². The Hall–Kier alpha value is -3.36. The van der Waals surface area contributed by atoms with Crippen LogP contribution in [0.2, 0.25) is 5.02 Å². The number of ether oxygens (including phenoxy) is 1. The van der Waals surface area contributed by atoms with Gasteiger partial charge in [0.25, 0.3) is 5.91 Å². The predicted molar refractivity (Wildman–Crippen MR) is 133 cm³/mol. The molecule has 0 fully saturated rings. The van der Waals surface area contributed by atoms with Gasteiger partial charge >= 0.3 is 5.97 Å². The number of carbonyl (C=O) groups is 2. The highest BCUT2D eigenvalue weighted by atomic mass is 35.5. The standard InChI is InChI=1S/C26H24ClNO6S/c1-16-6-5-8-21(27)24(16)25(29)28-15-20(26(30)31)23(14-17-7-3-4-9-22(17)28)35(32,33)19-12-10-18(34-2)11-13-19/h3-13,20,23H,14-15H2,1-2H3,(H,30,31). The first-order chi connectivity index (χ1) is 16.6. The number of carboxylic acids is 1. The number of nitrogens with zero attached hydrogens (tertiary/aromatic N) is 1. The molecule has 182 valence electrons. The number of methoxy groups -OCH3 is 1. The number of carboxylic acid groups (broad SMARTS) is 1. The number of carbonyl (C=O) groups excluding carboxylic acids is 1. The minimum Gasteiger partial charge on any atom is -0.497 e. The Balaban J connectivity index is 1.84. The topological polar surface area (TPSA) is 101 Å². The van der Waals surface area contributed by atoms with Crippen LogP contribution in [0.1, 0.15) is 21.5 Å². The van der Waals surface area contributed by atoms with E-state index in [1.807, 2.05) is 0 Å². The summed E-state index contributed by atoms with van der Waals surface area (Å²) in [6, 6.07) is 17.8. The van der Waals surface area contributed by atoms with Gasteiger partial charge in [-0.15, -0.1) is 0 Å². The molecule has 2 atom stereocenters. The number of sulfone groups is 1. The number of amides is 1. The Morgan fingerprint density at radius 2 is 1.71 bits per heavy atom. The summed E-state index contributed by atoms with van der Waals surface area (Å²) in [5.74, 6) is -2.67. The Morgan fingerprint density at radius 3 is 2.34 bits per heavy atom. The molecule has 9 heteroatoms. The molecule has 1 N–H and O–H groups in total. The summed E-state index contributed by atoms with van der Waals surface area (Å²) in [5, 5.41) is 9.09. The van der Waals surface area contributed by atoms with Crippen molar-refractivity contribution < 1.29 is 27.9 Å². The molecule has 1 heterocycles. The van der Waals surface area contributed by atoms with Crippen molar-refractivity contribution in [2.24, 2.45) is 5.92 Å². The largest absolute Gasteiger partial charge is 0.497 e. The van der Waals surface area contributed by atoms with Crippen LogP contribution < -0.4 is 9.64 Å². The monoisotopic (exact) mass is 513 g/mol. The van der Waals surface area contributed by atoms with E-state index in [4.69, 9.17) is 16.3 Å². The van der Waals surface area contributed by atoms with Gasteiger partial charge in [-0.05, 0) is 60.9 Å². The van der Waals surface area contributed by atoms with Crippen LogP contribution in [0.5, 0.6) is 5.75 Å². The van der Waals surface area contributed by atoms with E-state index in [0.29, 0.717) is 22.6 Å². The number of aliphatic carboxylic acids is 1. The molecule has 0 aliphatic carbocycles. The molecule has 0 bridgehead atoms. The van der Waals surface area contributed by atoms with Crippen molar-refractivity contribution in [3.8, 4) is 5.75 Å². The normalized spacial score (nSPS) is 17.9. The molecule has 35 heavy (non-hydrogen) atoms. The molecule has 0 aromatic heterocycles. The Kier molecular flexibility index (Phi) is 6.87. The molecule has 3 aromatic carbocycles. The number of aryl methyl sites for hydroxylation is 1. The van der Waals surface area contributed by atoms with Gasteiger partial charge in [-0.25, -0.2) is 8.42 Å². The lowest BCUT2D eigenvalue weighted by Crippen LogP contribution is -2.44. The Morgan fingerprint density at radius 1 is 1.03 bits per heavy atom. The maximum atomic E-state index is 13.7. The maximum absolute atomic E-state index is 13.7. The van der Waals surface area contributed by atoms with E-state index in [9.17, 15) is 23.1 Å². The highest BCUT2D eigenvalue weighted by Crippen LogP contribution is 2.36. The van der Waals surface area contributed by atoms with Gasteiger partial charge in [0.1, 0.15) is 5.75 Å². The van der Waals surface area contributed by atoms with E-state index >= 15 is 0 Å². The smallest absolute Gasteiger partial charge is 0.309 e. The first-order valence-electron chi connectivity index (χ1n) is 10.9. The van der Waals surface area contributed by atoms with E-state index in [-0.39, 0.29) is 28.4 Å². The number of fused-ring (bicyclic) bond motifs is 1. The molecule has 1 amide bonds. The molecule has 3 aromatic rings. The zero-order valence-electron chi connectivity index (χ0n) is 19.1. The van der Waals surface area contributed by atoms with Crippen molar-refractivity contribution in [2.45, 2.75) is 23.5 Å². The lowest BCUT2D eigenvalue weighted by atomic mass is 10.0. The van der Waals surface area contributed by atoms with Crippen molar-refractivity contribution in [3.63, 3.8) is 0 Å². The summed E-state index contributed by atoms with van der Waals surface area (Å²) in [6.45, 7) is 1.42. The van der Waals surface area contributed by atoms with Gasteiger partial charge in [-0.1, -0.05) is 41.9 Å².